The summed E-state index contributed by atoms with van der Waals surface area (Å²) in [6, 6.07) is 0. The topological polar surface area (TPSA) is 0 Å². The lowest BCUT2D eigenvalue weighted by Crippen LogP contribution is -1.88. The molecule has 0 atom stereocenters. The quantitative estimate of drug-likeness (QED) is 0.528. The van der Waals surface area contributed by atoms with Gasteiger partial charge in [0.2, 0.25) is 0 Å². The Hall–Kier alpha value is 0.480. The molecule has 0 saturated carbocycles. The summed E-state index contributed by atoms with van der Waals surface area (Å²) < 4.78 is 0. The number of hydrogen-bond donors (Lipinski definition) is 0. The van der Waals surface area contributed by atoms with Gasteiger partial charge in [-0.3, -0.25) is 0 Å². The van der Waals surface area contributed by atoms with Crippen LogP contribution < -0.4 is 0 Å². The first-order chi connectivity index (χ1) is 2.81. The third-order valence-electron chi connectivity index (χ3n) is 0.626. The molecule has 0 rings (SSSR count). The lowest BCUT2D eigenvalue weighted by atomic mass is 10.3. The van der Waals surface area contributed by atoms with Crippen molar-refractivity contribution in [3.8, 4) is 0 Å². The second kappa shape index (κ2) is 3.66. The monoisotopic (exact) mass is 148 g/mol. The number of halogens is 1. The van der Waals surface area contributed by atoms with Crippen LogP contribution in [0.5, 0.6) is 0 Å². The van der Waals surface area contributed by atoms with Crippen molar-refractivity contribution in [2.45, 2.75) is 17.7 Å². The average Bonchev–Trinajstić information content (AvgIpc) is 1.65. The molecule has 0 unspecified atom stereocenters. The molecular weight excluding hydrogens is 140 g/mol. The van der Waals surface area contributed by atoms with Crippen LogP contribution in [0, 0.1) is 13.8 Å². The van der Waals surface area contributed by atoms with Crippen molar-refractivity contribution < 1.29 is 0 Å². The maximum atomic E-state index is 3.67. The van der Waals surface area contributed by atoms with Crippen molar-refractivity contribution in [1.29, 1.82) is 0 Å². The minimum atomic E-state index is 0.525. The SMILES string of the molecule is [CH2]CC(Br)C[CH2]. The summed E-state index contributed by atoms with van der Waals surface area (Å²) in [7, 11) is 0. The van der Waals surface area contributed by atoms with Gasteiger partial charge >= 0.3 is 0 Å². The predicted molar refractivity (Wildman–Crippen MR) is 32.7 cm³/mol. The van der Waals surface area contributed by atoms with Crippen LogP contribution in [-0.4, -0.2) is 4.83 Å². The van der Waals surface area contributed by atoms with E-state index in [-0.39, 0.29) is 0 Å². The van der Waals surface area contributed by atoms with Crippen molar-refractivity contribution >= 4 is 15.9 Å². The smallest absolute Gasteiger partial charge is 0.0145 e. The number of alkyl halides is 1. The van der Waals surface area contributed by atoms with Crippen LogP contribution in [0.4, 0.5) is 0 Å². The van der Waals surface area contributed by atoms with Crippen molar-refractivity contribution in [1.82, 2.24) is 0 Å². The van der Waals surface area contributed by atoms with E-state index in [0.717, 1.165) is 12.8 Å². The Morgan fingerprint density at radius 2 is 1.67 bits per heavy atom. The fraction of sp³-hybridized carbons (Fsp3) is 0.600. The molecule has 0 heterocycles. The highest BCUT2D eigenvalue weighted by molar-refractivity contribution is 9.09. The molecular formula is C5H9Br. The summed E-state index contributed by atoms with van der Waals surface area (Å²) in [5, 5.41) is 0. The molecule has 0 fully saturated rings. The van der Waals surface area contributed by atoms with E-state index < -0.39 is 0 Å². The van der Waals surface area contributed by atoms with Gasteiger partial charge in [0.15, 0.2) is 0 Å². The summed E-state index contributed by atoms with van der Waals surface area (Å²) in [6.07, 6.45) is 1.87. The van der Waals surface area contributed by atoms with Gasteiger partial charge in [-0.2, -0.15) is 0 Å². The van der Waals surface area contributed by atoms with Gasteiger partial charge in [-0.25, -0.2) is 0 Å². The Kier molecular flexibility index (Phi) is 3.96. The fourth-order valence-corrected chi connectivity index (χ4v) is 0.144. The Bertz CT molecular complexity index is 23.1. The Balaban J connectivity index is 2.75. The normalized spacial score (nSPS) is 10.0. The first-order valence-electron chi connectivity index (χ1n) is 2.03. The largest absolute Gasteiger partial charge is 0.0891 e. The maximum absolute atomic E-state index is 3.67. The summed E-state index contributed by atoms with van der Waals surface area (Å²) in [5.41, 5.74) is 0. The highest BCUT2D eigenvalue weighted by atomic mass is 79.9. The Morgan fingerprint density at radius 1 is 1.33 bits per heavy atom. The first kappa shape index (κ1) is 6.48. The molecule has 0 aliphatic heterocycles. The van der Waals surface area contributed by atoms with Gasteiger partial charge in [0.1, 0.15) is 0 Å². The molecule has 0 N–H and O–H groups in total. The minimum absolute atomic E-state index is 0.525. The van der Waals surface area contributed by atoms with E-state index >= 15 is 0 Å². The summed E-state index contributed by atoms with van der Waals surface area (Å²) in [5.74, 6) is 0. The van der Waals surface area contributed by atoms with Crippen LogP contribution in [-0.2, 0) is 0 Å². The van der Waals surface area contributed by atoms with E-state index in [9.17, 15) is 0 Å². The second-order valence-electron chi connectivity index (χ2n) is 1.17. The molecule has 0 aliphatic carbocycles. The number of hydrogen-bond acceptors (Lipinski definition) is 0. The molecule has 0 spiro atoms. The molecule has 0 amide bonds. The van der Waals surface area contributed by atoms with Crippen molar-refractivity contribution in [2.24, 2.45) is 0 Å². The Morgan fingerprint density at radius 3 is 1.67 bits per heavy atom. The van der Waals surface area contributed by atoms with E-state index in [0.29, 0.717) is 4.83 Å². The molecule has 0 aromatic heterocycles. The molecule has 0 bridgehead atoms. The molecule has 36 valence electrons. The van der Waals surface area contributed by atoms with Gasteiger partial charge in [0, 0.05) is 4.83 Å². The first-order valence-corrected chi connectivity index (χ1v) is 2.95. The zero-order valence-corrected chi connectivity index (χ0v) is 5.37. The third-order valence-corrected chi connectivity index (χ3v) is 1.54. The van der Waals surface area contributed by atoms with Gasteiger partial charge < -0.3 is 0 Å². The zero-order chi connectivity index (χ0) is 4.99. The van der Waals surface area contributed by atoms with E-state index in [1.807, 2.05) is 0 Å². The van der Waals surface area contributed by atoms with Gasteiger partial charge in [0.05, 0.1) is 0 Å². The number of rotatable bonds is 2. The molecule has 1 heteroatoms. The maximum Gasteiger partial charge on any atom is 0.0145 e. The molecule has 6 heavy (non-hydrogen) atoms. The highest BCUT2D eigenvalue weighted by Gasteiger charge is 1.91. The van der Waals surface area contributed by atoms with Gasteiger partial charge in [-0.05, 0) is 12.8 Å². The van der Waals surface area contributed by atoms with E-state index in [1.54, 1.807) is 0 Å². The molecule has 0 aromatic carbocycles. The summed E-state index contributed by atoms with van der Waals surface area (Å²) in [6.45, 7) is 7.34. The molecule has 0 saturated heterocycles. The van der Waals surface area contributed by atoms with Crippen molar-refractivity contribution in [2.75, 3.05) is 0 Å². The van der Waals surface area contributed by atoms with Crippen LogP contribution in [0.3, 0.4) is 0 Å². The van der Waals surface area contributed by atoms with Crippen LogP contribution in [0.25, 0.3) is 0 Å². The van der Waals surface area contributed by atoms with Crippen molar-refractivity contribution in [3.05, 3.63) is 13.8 Å². The molecule has 0 aliphatic rings. The molecule has 2 radical (unpaired) electrons. The van der Waals surface area contributed by atoms with Crippen LogP contribution in [0.1, 0.15) is 12.8 Å². The van der Waals surface area contributed by atoms with E-state index in [1.165, 1.54) is 0 Å². The van der Waals surface area contributed by atoms with E-state index in [2.05, 4.69) is 29.8 Å². The standard InChI is InChI=1S/C5H9Br/c1-3-5(6)4-2/h5H,1-4H2. The fourth-order valence-electron chi connectivity index (χ4n) is 0.144. The molecule has 0 nitrogen and oxygen atoms in total. The van der Waals surface area contributed by atoms with Crippen LogP contribution in [0.15, 0.2) is 0 Å². The second-order valence-corrected chi connectivity index (χ2v) is 2.47. The highest BCUT2D eigenvalue weighted by Crippen LogP contribution is 2.05. The van der Waals surface area contributed by atoms with Crippen LogP contribution >= 0.6 is 15.9 Å². The molecule has 0 aromatic rings. The lowest BCUT2D eigenvalue weighted by molar-refractivity contribution is 0.903. The lowest BCUT2D eigenvalue weighted by Gasteiger charge is -1.96. The predicted octanol–water partition coefficient (Wildman–Crippen LogP) is 2.20. The average molecular weight is 149 g/mol. The van der Waals surface area contributed by atoms with Crippen LogP contribution in [0.2, 0.25) is 0 Å². The summed E-state index contributed by atoms with van der Waals surface area (Å²) >= 11 is 3.35. The zero-order valence-electron chi connectivity index (χ0n) is 3.78. The minimum Gasteiger partial charge on any atom is -0.0891 e. The Labute approximate surface area is 48.1 Å². The van der Waals surface area contributed by atoms with Gasteiger partial charge in [0.25, 0.3) is 0 Å². The van der Waals surface area contributed by atoms with Crippen molar-refractivity contribution in [3.63, 3.8) is 0 Å². The van der Waals surface area contributed by atoms with E-state index in [4.69, 9.17) is 0 Å². The summed E-state index contributed by atoms with van der Waals surface area (Å²) in [4.78, 5) is 0.525. The third kappa shape index (κ3) is 2.70. The van der Waals surface area contributed by atoms with Gasteiger partial charge in [-0.15, -0.1) is 0 Å². The van der Waals surface area contributed by atoms with Gasteiger partial charge in [-0.1, -0.05) is 29.8 Å².